The van der Waals surface area contributed by atoms with Crippen LogP contribution in [0, 0.1) is 5.41 Å². The molecular formula is C10H18N2O2. The number of piperidine rings is 1. The number of carbonyl (C=O) groups excluding carboxylic acids is 1. The lowest BCUT2D eigenvalue weighted by Crippen LogP contribution is -2.54. The highest BCUT2D eigenvalue weighted by molar-refractivity contribution is 5.79. The molecule has 1 spiro atoms. The van der Waals surface area contributed by atoms with Gasteiger partial charge in [-0.3, -0.25) is 9.69 Å². The zero-order chi connectivity index (χ0) is 10.2. The normalized spacial score (nSPS) is 28.4. The summed E-state index contributed by atoms with van der Waals surface area (Å²) in [5.41, 5.74) is 5.71. The highest BCUT2D eigenvalue weighted by Crippen LogP contribution is 2.38. The van der Waals surface area contributed by atoms with Gasteiger partial charge in [-0.15, -0.1) is 0 Å². The molecule has 1 unspecified atom stereocenters. The molecule has 1 atom stereocenters. The second kappa shape index (κ2) is 3.51. The van der Waals surface area contributed by atoms with Crippen LogP contribution in [-0.4, -0.2) is 43.2 Å². The molecular weight excluding hydrogens is 180 g/mol. The molecule has 0 aromatic heterocycles. The molecule has 2 fully saturated rings. The summed E-state index contributed by atoms with van der Waals surface area (Å²) in [4.78, 5) is 13.2. The third kappa shape index (κ3) is 1.64. The summed E-state index contributed by atoms with van der Waals surface area (Å²) in [6, 6.07) is -0.117. The molecule has 4 nitrogen and oxygen atoms in total. The third-order valence-corrected chi connectivity index (χ3v) is 3.63. The van der Waals surface area contributed by atoms with Crippen LogP contribution in [0.3, 0.4) is 0 Å². The van der Waals surface area contributed by atoms with Crippen LogP contribution < -0.4 is 5.73 Å². The van der Waals surface area contributed by atoms with Gasteiger partial charge in [-0.25, -0.2) is 0 Å². The van der Waals surface area contributed by atoms with E-state index in [-0.39, 0.29) is 11.9 Å². The number of carbonyl (C=O) groups is 1. The SMILES string of the molecule is CC(C(N)=O)N1CCC2(CC1)COC2. The molecule has 2 N–H and O–H groups in total. The molecule has 0 bridgehead atoms. The van der Waals surface area contributed by atoms with Gasteiger partial charge in [0.25, 0.3) is 0 Å². The number of nitrogens with two attached hydrogens (primary N) is 1. The van der Waals surface area contributed by atoms with E-state index in [1.165, 1.54) is 0 Å². The molecule has 0 radical (unpaired) electrons. The maximum atomic E-state index is 11.0. The first kappa shape index (κ1) is 9.93. The molecule has 4 heteroatoms. The highest BCUT2D eigenvalue weighted by Gasteiger charge is 2.42. The Morgan fingerprint density at radius 2 is 2.00 bits per heavy atom. The largest absolute Gasteiger partial charge is 0.380 e. The second-order valence-corrected chi connectivity index (χ2v) is 4.61. The molecule has 80 valence electrons. The van der Waals surface area contributed by atoms with Crippen molar-refractivity contribution in [3.8, 4) is 0 Å². The summed E-state index contributed by atoms with van der Waals surface area (Å²) in [5.74, 6) is -0.217. The van der Waals surface area contributed by atoms with Crippen molar-refractivity contribution in [2.24, 2.45) is 11.1 Å². The predicted octanol–water partition coefficient (Wildman–Crippen LogP) is -0.0274. The zero-order valence-corrected chi connectivity index (χ0v) is 8.66. The molecule has 2 aliphatic heterocycles. The minimum Gasteiger partial charge on any atom is -0.380 e. The summed E-state index contributed by atoms with van der Waals surface area (Å²) in [7, 11) is 0. The summed E-state index contributed by atoms with van der Waals surface area (Å²) in [6.07, 6.45) is 2.29. The van der Waals surface area contributed by atoms with Crippen LogP contribution in [-0.2, 0) is 9.53 Å². The first-order valence-electron chi connectivity index (χ1n) is 5.24. The first-order valence-corrected chi connectivity index (χ1v) is 5.24. The van der Waals surface area contributed by atoms with Crippen LogP contribution in [0.15, 0.2) is 0 Å². The second-order valence-electron chi connectivity index (χ2n) is 4.61. The van der Waals surface area contributed by atoms with E-state index in [1.807, 2.05) is 6.92 Å². The molecule has 0 aromatic carbocycles. The number of amides is 1. The predicted molar refractivity (Wildman–Crippen MR) is 52.7 cm³/mol. The van der Waals surface area contributed by atoms with E-state index < -0.39 is 0 Å². The van der Waals surface area contributed by atoms with Crippen molar-refractivity contribution in [2.75, 3.05) is 26.3 Å². The van der Waals surface area contributed by atoms with Gasteiger partial charge in [0.1, 0.15) is 0 Å². The van der Waals surface area contributed by atoms with Crippen LogP contribution in [0.25, 0.3) is 0 Å². The number of rotatable bonds is 2. The minimum atomic E-state index is -0.217. The van der Waals surface area contributed by atoms with Crippen LogP contribution in [0.5, 0.6) is 0 Å². The van der Waals surface area contributed by atoms with Gasteiger partial charge >= 0.3 is 0 Å². The molecule has 2 heterocycles. The van der Waals surface area contributed by atoms with E-state index >= 15 is 0 Å². The Labute approximate surface area is 84.4 Å². The average molecular weight is 198 g/mol. The van der Waals surface area contributed by atoms with Crippen molar-refractivity contribution in [2.45, 2.75) is 25.8 Å². The van der Waals surface area contributed by atoms with E-state index in [9.17, 15) is 4.79 Å². The van der Waals surface area contributed by atoms with Crippen LogP contribution >= 0.6 is 0 Å². The van der Waals surface area contributed by atoms with Gasteiger partial charge in [0, 0.05) is 5.41 Å². The van der Waals surface area contributed by atoms with E-state index in [0.717, 1.165) is 39.1 Å². The van der Waals surface area contributed by atoms with Gasteiger partial charge in [0.2, 0.25) is 5.91 Å². The van der Waals surface area contributed by atoms with E-state index in [1.54, 1.807) is 0 Å². The summed E-state index contributed by atoms with van der Waals surface area (Å²) in [5, 5.41) is 0. The van der Waals surface area contributed by atoms with E-state index in [0.29, 0.717) is 5.41 Å². The Kier molecular flexibility index (Phi) is 2.49. The zero-order valence-electron chi connectivity index (χ0n) is 8.66. The van der Waals surface area contributed by atoms with Crippen molar-refractivity contribution >= 4 is 5.91 Å². The smallest absolute Gasteiger partial charge is 0.234 e. The minimum absolute atomic E-state index is 0.117. The fourth-order valence-electron chi connectivity index (χ4n) is 2.25. The average Bonchev–Trinajstić information content (AvgIpc) is 2.14. The number of primary amides is 1. The van der Waals surface area contributed by atoms with Gasteiger partial charge in [0.05, 0.1) is 19.3 Å². The lowest BCUT2D eigenvalue weighted by Gasteiger charge is -2.48. The summed E-state index contributed by atoms with van der Waals surface area (Å²) in [6.45, 7) is 5.66. The molecule has 0 aliphatic carbocycles. The molecule has 2 rings (SSSR count). The number of likely N-dealkylation sites (tertiary alicyclic amines) is 1. The standard InChI is InChI=1S/C10H18N2O2/c1-8(9(11)13)12-4-2-10(3-5-12)6-14-7-10/h8H,2-7H2,1H3,(H2,11,13). The molecule has 2 saturated heterocycles. The number of nitrogens with zero attached hydrogens (tertiary/aromatic N) is 1. The molecule has 0 aromatic rings. The van der Waals surface area contributed by atoms with Gasteiger partial charge in [-0.05, 0) is 32.9 Å². The fourth-order valence-corrected chi connectivity index (χ4v) is 2.25. The third-order valence-electron chi connectivity index (χ3n) is 3.63. The monoisotopic (exact) mass is 198 g/mol. The molecule has 1 amide bonds. The van der Waals surface area contributed by atoms with E-state index in [4.69, 9.17) is 10.5 Å². The molecule has 2 aliphatic rings. The first-order chi connectivity index (χ1) is 6.63. The Morgan fingerprint density at radius 1 is 1.43 bits per heavy atom. The Morgan fingerprint density at radius 3 is 2.36 bits per heavy atom. The summed E-state index contributed by atoms with van der Waals surface area (Å²) >= 11 is 0. The quantitative estimate of drug-likeness (QED) is 0.678. The van der Waals surface area contributed by atoms with Crippen LogP contribution in [0.2, 0.25) is 0 Å². The maximum Gasteiger partial charge on any atom is 0.234 e. The van der Waals surface area contributed by atoms with Gasteiger partial charge in [0.15, 0.2) is 0 Å². The fraction of sp³-hybridized carbons (Fsp3) is 0.900. The van der Waals surface area contributed by atoms with Crippen molar-refractivity contribution in [1.29, 1.82) is 0 Å². The summed E-state index contributed by atoms with van der Waals surface area (Å²) < 4.78 is 5.25. The topological polar surface area (TPSA) is 55.6 Å². The molecule has 0 saturated carbocycles. The van der Waals surface area contributed by atoms with Gasteiger partial charge in [-0.2, -0.15) is 0 Å². The van der Waals surface area contributed by atoms with Crippen molar-refractivity contribution < 1.29 is 9.53 Å². The van der Waals surface area contributed by atoms with Crippen molar-refractivity contribution in [3.05, 3.63) is 0 Å². The lowest BCUT2D eigenvalue weighted by atomic mass is 9.76. The van der Waals surface area contributed by atoms with Crippen LogP contribution in [0.1, 0.15) is 19.8 Å². The van der Waals surface area contributed by atoms with Crippen LogP contribution in [0.4, 0.5) is 0 Å². The Hall–Kier alpha value is -0.610. The van der Waals surface area contributed by atoms with Gasteiger partial charge < -0.3 is 10.5 Å². The van der Waals surface area contributed by atoms with Gasteiger partial charge in [-0.1, -0.05) is 0 Å². The number of hydrogen-bond donors (Lipinski definition) is 1. The van der Waals surface area contributed by atoms with Crippen molar-refractivity contribution in [1.82, 2.24) is 4.90 Å². The van der Waals surface area contributed by atoms with Crippen molar-refractivity contribution in [3.63, 3.8) is 0 Å². The van der Waals surface area contributed by atoms with E-state index in [2.05, 4.69) is 4.90 Å². The number of ether oxygens (including phenoxy) is 1. The maximum absolute atomic E-state index is 11.0. The number of hydrogen-bond acceptors (Lipinski definition) is 3. The Balaban J connectivity index is 1.86. The highest BCUT2D eigenvalue weighted by atomic mass is 16.5. The molecule has 14 heavy (non-hydrogen) atoms. The Bertz CT molecular complexity index is 228. The lowest BCUT2D eigenvalue weighted by molar-refractivity contribution is -0.146.